The number of amides is 1. The third kappa shape index (κ3) is 4.06. The number of nitriles is 1. The smallest absolute Gasteiger partial charge is 0.262 e. The third-order valence-electron chi connectivity index (χ3n) is 3.85. The number of nitrogens with zero attached hydrogens (tertiary/aromatic N) is 2. The lowest BCUT2D eigenvalue weighted by molar-refractivity contribution is -0.117. The summed E-state index contributed by atoms with van der Waals surface area (Å²) >= 11 is 3.15. The Bertz CT molecular complexity index is 734. The molecule has 3 rings (SSSR count). The standard InChI is InChI=1S/C17H17N3OS2/c18-10-12(16(21)19-13-5-2-1-3-6-13)9-14-11-23-17(20-14)15-7-4-8-22-15/h4,7-9,11,13H,1-3,5-6H2,(H,19,21)/b12-9-. The van der Waals surface area contributed by atoms with Crippen LogP contribution in [-0.2, 0) is 4.79 Å². The van der Waals surface area contributed by atoms with Crippen molar-refractivity contribution in [2.45, 2.75) is 38.1 Å². The molecule has 1 N–H and O–H groups in total. The molecule has 118 valence electrons. The van der Waals surface area contributed by atoms with Gasteiger partial charge in [0.15, 0.2) is 0 Å². The molecule has 2 aromatic heterocycles. The highest BCUT2D eigenvalue weighted by Crippen LogP contribution is 2.28. The van der Waals surface area contributed by atoms with E-state index in [-0.39, 0.29) is 17.5 Å². The minimum atomic E-state index is -0.287. The van der Waals surface area contributed by atoms with Crippen molar-refractivity contribution in [2.75, 3.05) is 0 Å². The number of thiophene rings is 1. The highest BCUT2D eigenvalue weighted by Gasteiger charge is 2.18. The quantitative estimate of drug-likeness (QED) is 0.667. The van der Waals surface area contributed by atoms with Gasteiger partial charge in [-0.3, -0.25) is 4.79 Å². The van der Waals surface area contributed by atoms with Crippen molar-refractivity contribution in [1.82, 2.24) is 10.3 Å². The van der Waals surface area contributed by atoms with Gasteiger partial charge in [0.2, 0.25) is 0 Å². The molecular weight excluding hydrogens is 326 g/mol. The minimum Gasteiger partial charge on any atom is -0.349 e. The molecule has 0 spiro atoms. The fraction of sp³-hybridized carbons (Fsp3) is 0.353. The fourth-order valence-electron chi connectivity index (χ4n) is 2.67. The first-order valence-corrected chi connectivity index (χ1v) is 9.44. The van der Waals surface area contributed by atoms with E-state index < -0.39 is 0 Å². The van der Waals surface area contributed by atoms with Gasteiger partial charge in [-0.25, -0.2) is 4.98 Å². The molecule has 0 radical (unpaired) electrons. The van der Waals surface area contributed by atoms with Gasteiger partial charge in [-0.2, -0.15) is 5.26 Å². The predicted octanol–water partition coefficient (Wildman–Crippen LogP) is 4.23. The summed E-state index contributed by atoms with van der Waals surface area (Å²) in [5.74, 6) is -0.287. The highest BCUT2D eigenvalue weighted by molar-refractivity contribution is 7.20. The first kappa shape index (κ1) is 15.9. The molecule has 0 atom stereocenters. The van der Waals surface area contributed by atoms with E-state index in [1.165, 1.54) is 17.8 Å². The average molecular weight is 343 g/mol. The van der Waals surface area contributed by atoms with Crippen molar-refractivity contribution >= 4 is 34.7 Å². The van der Waals surface area contributed by atoms with Gasteiger partial charge in [0.25, 0.3) is 5.91 Å². The Morgan fingerprint density at radius 3 is 2.87 bits per heavy atom. The van der Waals surface area contributed by atoms with Gasteiger partial charge >= 0.3 is 0 Å². The molecule has 0 saturated heterocycles. The van der Waals surface area contributed by atoms with Gasteiger partial charge in [-0.15, -0.1) is 22.7 Å². The van der Waals surface area contributed by atoms with E-state index in [0.717, 1.165) is 35.6 Å². The zero-order valence-corrected chi connectivity index (χ0v) is 14.3. The van der Waals surface area contributed by atoms with E-state index in [9.17, 15) is 10.1 Å². The van der Waals surface area contributed by atoms with Gasteiger partial charge < -0.3 is 5.32 Å². The maximum atomic E-state index is 12.3. The molecule has 0 aromatic carbocycles. The van der Waals surface area contributed by atoms with Crippen LogP contribution in [0.1, 0.15) is 37.8 Å². The molecule has 1 saturated carbocycles. The summed E-state index contributed by atoms with van der Waals surface area (Å²) in [6, 6.07) is 6.19. The first-order chi connectivity index (χ1) is 11.3. The number of hydrogen-bond donors (Lipinski definition) is 1. The SMILES string of the molecule is N#C/C(=C/c1csc(-c2cccs2)n1)C(=O)NC1CCCCC1. The van der Waals surface area contributed by atoms with Crippen molar-refractivity contribution in [3.05, 3.63) is 34.2 Å². The van der Waals surface area contributed by atoms with E-state index in [1.807, 2.05) is 29.0 Å². The van der Waals surface area contributed by atoms with Gasteiger partial charge in [-0.1, -0.05) is 25.3 Å². The molecule has 1 aliphatic carbocycles. The van der Waals surface area contributed by atoms with Gasteiger partial charge in [-0.05, 0) is 30.4 Å². The van der Waals surface area contributed by atoms with E-state index in [4.69, 9.17) is 0 Å². The Labute approximate surface area is 143 Å². The topological polar surface area (TPSA) is 65.8 Å². The second-order valence-corrected chi connectivity index (χ2v) is 7.34. The number of carbonyl (C=O) groups is 1. The van der Waals surface area contributed by atoms with Crippen LogP contribution >= 0.6 is 22.7 Å². The van der Waals surface area contributed by atoms with Gasteiger partial charge in [0.05, 0.1) is 10.6 Å². The molecule has 6 heteroatoms. The lowest BCUT2D eigenvalue weighted by atomic mass is 9.95. The largest absolute Gasteiger partial charge is 0.349 e. The molecule has 1 aliphatic rings. The normalized spacial score (nSPS) is 16.0. The molecule has 0 unspecified atom stereocenters. The number of rotatable bonds is 4. The lowest BCUT2D eigenvalue weighted by Crippen LogP contribution is -2.36. The van der Waals surface area contributed by atoms with Crippen LogP contribution in [0.25, 0.3) is 16.0 Å². The molecule has 4 nitrogen and oxygen atoms in total. The summed E-state index contributed by atoms with van der Waals surface area (Å²) in [4.78, 5) is 17.8. The molecule has 0 bridgehead atoms. The highest BCUT2D eigenvalue weighted by atomic mass is 32.1. The molecule has 23 heavy (non-hydrogen) atoms. The number of thiazole rings is 1. The van der Waals surface area contributed by atoms with Crippen LogP contribution in [0.5, 0.6) is 0 Å². The summed E-state index contributed by atoms with van der Waals surface area (Å²) in [7, 11) is 0. The predicted molar refractivity (Wildman–Crippen MR) is 94.0 cm³/mol. The maximum absolute atomic E-state index is 12.3. The Balaban J connectivity index is 1.71. The summed E-state index contributed by atoms with van der Waals surface area (Å²) in [6.45, 7) is 0. The van der Waals surface area contributed by atoms with Gasteiger partial charge in [0.1, 0.15) is 16.6 Å². The Hall–Kier alpha value is -1.97. The molecule has 2 heterocycles. The fourth-order valence-corrected chi connectivity index (χ4v) is 4.26. The van der Waals surface area contributed by atoms with Crippen LogP contribution in [0.15, 0.2) is 28.5 Å². The second kappa shape index (κ2) is 7.53. The first-order valence-electron chi connectivity index (χ1n) is 7.68. The van der Waals surface area contributed by atoms with Crippen molar-refractivity contribution in [1.29, 1.82) is 5.26 Å². The number of nitrogens with one attached hydrogen (secondary N) is 1. The molecule has 0 aliphatic heterocycles. The Morgan fingerprint density at radius 1 is 1.35 bits per heavy atom. The van der Waals surface area contributed by atoms with Crippen LogP contribution < -0.4 is 5.32 Å². The van der Waals surface area contributed by atoms with E-state index in [1.54, 1.807) is 17.4 Å². The minimum absolute atomic E-state index is 0.124. The number of carbonyl (C=O) groups excluding carboxylic acids is 1. The van der Waals surface area contributed by atoms with Crippen molar-refractivity contribution in [3.63, 3.8) is 0 Å². The van der Waals surface area contributed by atoms with E-state index >= 15 is 0 Å². The summed E-state index contributed by atoms with van der Waals surface area (Å²) < 4.78 is 0. The number of hydrogen-bond acceptors (Lipinski definition) is 5. The number of aromatic nitrogens is 1. The Kier molecular flexibility index (Phi) is 5.21. The zero-order valence-electron chi connectivity index (χ0n) is 12.6. The maximum Gasteiger partial charge on any atom is 0.262 e. The summed E-state index contributed by atoms with van der Waals surface area (Å²) in [6.07, 6.45) is 7.11. The lowest BCUT2D eigenvalue weighted by Gasteiger charge is -2.22. The van der Waals surface area contributed by atoms with Crippen molar-refractivity contribution < 1.29 is 4.79 Å². The molecule has 1 fully saturated rings. The summed E-state index contributed by atoms with van der Waals surface area (Å²) in [5, 5.41) is 17.0. The second-order valence-electron chi connectivity index (χ2n) is 5.53. The van der Waals surface area contributed by atoms with Crippen molar-refractivity contribution in [2.24, 2.45) is 0 Å². The van der Waals surface area contributed by atoms with Crippen LogP contribution in [0.2, 0.25) is 0 Å². The average Bonchev–Trinajstić information content (AvgIpc) is 3.24. The van der Waals surface area contributed by atoms with Crippen LogP contribution in [0, 0.1) is 11.3 Å². The van der Waals surface area contributed by atoms with Crippen LogP contribution in [-0.4, -0.2) is 16.9 Å². The van der Waals surface area contributed by atoms with Crippen LogP contribution in [0.4, 0.5) is 0 Å². The zero-order chi connectivity index (χ0) is 16.1. The molecule has 1 amide bonds. The third-order valence-corrected chi connectivity index (χ3v) is 5.75. The van der Waals surface area contributed by atoms with Crippen LogP contribution in [0.3, 0.4) is 0 Å². The molecule has 2 aromatic rings. The Morgan fingerprint density at radius 2 is 2.17 bits per heavy atom. The molecular formula is C17H17N3OS2. The van der Waals surface area contributed by atoms with Gasteiger partial charge in [0, 0.05) is 11.4 Å². The van der Waals surface area contributed by atoms with Crippen molar-refractivity contribution in [3.8, 4) is 16.0 Å². The van der Waals surface area contributed by atoms with E-state index in [2.05, 4.69) is 10.3 Å². The summed E-state index contributed by atoms with van der Waals surface area (Å²) in [5.41, 5.74) is 0.785. The monoisotopic (exact) mass is 343 g/mol. The van der Waals surface area contributed by atoms with E-state index in [0.29, 0.717) is 5.69 Å².